The Labute approximate surface area is 265 Å². The molecular formula is C33H48F2N8O2. The molecule has 1 aromatic carbocycles. The van der Waals surface area contributed by atoms with Gasteiger partial charge in [0.1, 0.15) is 5.84 Å². The number of nitrogens with zero attached hydrogens (tertiary/aromatic N) is 3. The van der Waals surface area contributed by atoms with Crippen LogP contribution in [-0.4, -0.2) is 98.6 Å². The highest BCUT2D eigenvalue weighted by atomic mass is 19.3. The van der Waals surface area contributed by atoms with Gasteiger partial charge in [-0.3, -0.25) is 15.0 Å². The van der Waals surface area contributed by atoms with Gasteiger partial charge in [0.2, 0.25) is 11.8 Å². The van der Waals surface area contributed by atoms with E-state index in [1.165, 1.54) is 6.07 Å². The lowest BCUT2D eigenvalue weighted by molar-refractivity contribution is -0.133. The zero-order valence-electron chi connectivity index (χ0n) is 26.5. The van der Waals surface area contributed by atoms with E-state index in [1.807, 2.05) is 9.80 Å². The third kappa shape index (κ3) is 7.54. The summed E-state index contributed by atoms with van der Waals surface area (Å²) in [7, 11) is 1.67. The predicted molar refractivity (Wildman–Crippen MR) is 173 cm³/mol. The van der Waals surface area contributed by atoms with Crippen LogP contribution in [0.2, 0.25) is 0 Å². The van der Waals surface area contributed by atoms with Gasteiger partial charge in [0.25, 0.3) is 6.43 Å². The molecule has 0 bridgehead atoms. The van der Waals surface area contributed by atoms with Crippen molar-refractivity contribution >= 4 is 35.1 Å². The van der Waals surface area contributed by atoms with Crippen molar-refractivity contribution in [1.29, 1.82) is 10.8 Å². The maximum absolute atomic E-state index is 14.4. The first kappa shape index (κ1) is 33.0. The number of fused-ring (bicyclic) bond motifs is 1. The van der Waals surface area contributed by atoms with Gasteiger partial charge in [-0.05, 0) is 80.8 Å². The Hall–Kier alpha value is -3.38. The van der Waals surface area contributed by atoms with Crippen molar-refractivity contribution in [3.05, 3.63) is 35.0 Å². The summed E-state index contributed by atoms with van der Waals surface area (Å²) >= 11 is 0. The third-order valence-corrected chi connectivity index (χ3v) is 9.99. The van der Waals surface area contributed by atoms with E-state index in [0.29, 0.717) is 80.6 Å². The van der Waals surface area contributed by atoms with Crippen LogP contribution in [0.4, 0.5) is 14.5 Å². The van der Waals surface area contributed by atoms with E-state index >= 15 is 0 Å². The number of allylic oxidation sites excluding steroid dienone is 1. The fraction of sp³-hybridized carbons (Fsp3) is 0.636. The fourth-order valence-electron chi connectivity index (χ4n) is 7.46. The number of amidine groups is 1. The Morgan fingerprint density at radius 3 is 2.51 bits per heavy atom. The second kappa shape index (κ2) is 14.8. The Kier molecular flexibility index (Phi) is 10.9. The van der Waals surface area contributed by atoms with Crippen LogP contribution < -0.4 is 20.9 Å². The highest BCUT2D eigenvalue weighted by molar-refractivity contribution is 6.09. The van der Waals surface area contributed by atoms with Crippen LogP contribution >= 0.6 is 0 Å². The van der Waals surface area contributed by atoms with Crippen molar-refractivity contribution in [2.75, 3.05) is 57.8 Å². The van der Waals surface area contributed by atoms with Crippen molar-refractivity contribution in [3.8, 4) is 0 Å². The number of piperidine rings is 2. The fourth-order valence-corrected chi connectivity index (χ4v) is 7.46. The quantitative estimate of drug-likeness (QED) is 0.211. The largest absolute Gasteiger partial charge is 0.393 e. The molecule has 246 valence electrons. The molecule has 3 fully saturated rings. The Bertz CT molecular complexity index is 1290. The van der Waals surface area contributed by atoms with E-state index in [1.54, 1.807) is 31.1 Å². The van der Waals surface area contributed by atoms with Gasteiger partial charge in [-0.25, -0.2) is 8.78 Å². The lowest BCUT2D eigenvalue weighted by Gasteiger charge is -2.45. The average molecular weight is 627 g/mol. The van der Waals surface area contributed by atoms with Gasteiger partial charge >= 0.3 is 0 Å². The number of carbonyl (C=O) groups excluding carboxylic acids is 2. The zero-order valence-corrected chi connectivity index (χ0v) is 26.5. The molecule has 5 rings (SSSR count). The molecule has 10 nitrogen and oxygen atoms in total. The molecule has 3 atom stereocenters. The van der Waals surface area contributed by atoms with Crippen LogP contribution in [0.5, 0.6) is 0 Å². The number of anilines is 1. The van der Waals surface area contributed by atoms with Gasteiger partial charge in [0.05, 0.1) is 0 Å². The summed E-state index contributed by atoms with van der Waals surface area (Å²) < 4.78 is 28.8. The minimum absolute atomic E-state index is 0.0327. The average Bonchev–Trinajstić information content (AvgIpc) is 3.55. The second-order valence-corrected chi connectivity index (χ2v) is 12.9. The number of nitrogens with one attached hydrogen (secondary N) is 5. The van der Waals surface area contributed by atoms with E-state index < -0.39 is 6.43 Å². The third-order valence-electron chi connectivity index (χ3n) is 9.99. The molecule has 0 aliphatic carbocycles. The molecule has 12 heteroatoms. The maximum Gasteiger partial charge on any atom is 0.264 e. The highest BCUT2D eigenvalue weighted by Gasteiger charge is 2.39. The van der Waals surface area contributed by atoms with Gasteiger partial charge in [0.15, 0.2) is 0 Å². The number of likely N-dealkylation sites (tertiary alicyclic amines) is 2. The van der Waals surface area contributed by atoms with E-state index in [0.717, 1.165) is 50.6 Å². The smallest absolute Gasteiger partial charge is 0.264 e. The molecule has 0 radical (unpaired) electrons. The summed E-state index contributed by atoms with van der Waals surface area (Å²) in [5.74, 6) is 0.663. The number of alkyl halides is 2. The summed E-state index contributed by atoms with van der Waals surface area (Å²) in [6.45, 7) is 6.41. The molecule has 5 N–H and O–H groups in total. The summed E-state index contributed by atoms with van der Waals surface area (Å²) in [6, 6.07) is 3.40. The number of carbonyl (C=O) groups is 2. The topological polar surface area (TPSA) is 128 Å². The van der Waals surface area contributed by atoms with Gasteiger partial charge in [-0.15, -0.1) is 0 Å². The summed E-state index contributed by atoms with van der Waals surface area (Å²) in [5, 5.41) is 27.2. The molecule has 0 spiro atoms. The lowest BCUT2D eigenvalue weighted by atomic mass is 9.86. The predicted octanol–water partition coefficient (Wildman–Crippen LogP) is 3.38. The molecule has 0 aromatic heterocycles. The van der Waals surface area contributed by atoms with Crippen LogP contribution in [0.25, 0.3) is 5.57 Å². The Morgan fingerprint density at radius 1 is 1.11 bits per heavy atom. The monoisotopic (exact) mass is 626 g/mol. The van der Waals surface area contributed by atoms with E-state index in [4.69, 9.17) is 5.41 Å². The van der Waals surface area contributed by atoms with Crippen molar-refractivity contribution in [1.82, 2.24) is 25.8 Å². The second-order valence-electron chi connectivity index (χ2n) is 12.9. The number of hydrogen-bond donors (Lipinski definition) is 5. The lowest BCUT2D eigenvalue weighted by Crippen LogP contribution is -2.59. The molecule has 4 aliphatic heterocycles. The minimum Gasteiger partial charge on any atom is -0.393 e. The maximum atomic E-state index is 14.4. The molecule has 3 saturated heterocycles. The normalized spacial score (nSPS) is 24.5. The Morgan fingerprint density at radius 2 is 1.87 bits per heavy atom. The molecule has 4 heterocycles. The first-order chi connectivity index (χ1) is 21.7. The van der Waals surface area contributed by atoms with Crippen LogP contribution in [-0.2, 0) is 16.0 Å². The minimum atomic E-state index is -2.74. The van der Waals surface area contributed by atoms with Gasteiger partial charge in [-0.1, -0.05) is 0 Å². The Balaban J connectivity index is 1.33. The van der Waals surface area contributed by atoms with Crippen molar-refractivity contribution in [3.63, 3.8) is 0 Å². The van der Waals surface area contributed by atoms with Gasteiger partial charge in [0, 0.05) is 100 Å². The molecule has 2 amide bonds. The number of halogens is 2. The first-order valence-electron chi connectivity index (χ1n) is 16.4. The number of rotatable bonds is 9. The summed E-state index contributed by atoms with van der Waals surface area (Å²) in [6.07, 6.45) is 5.38. The molecule has 45 heavy (non-hydrogen) atoms. The number of amides is 2. The van der Waals surface area contributed by atoms with Crippen molar-refractivity contribution < 1.29 is 18.4 Å². The van der Waals surface area contributed by atoms with Crippen molar-refractivity contribution in [2.45, 2.75) is 70.4 Å². The van der Waals surface area contributed by atoms with Gasteiger partial charge < -0.3 is 36.1 Å². The van der Waals surface area contributed by atoms with Crippen molar-refractivity contribution in [2.24, 2.45) is 11.8 Å². The summed E-state index contributed by atoms with van der Waals surface area (Å²) in [4.78, 5) is 31.0. The SMILES string of the molecule is CN/C=C(\C=N)c1cc2c(cc1C(F)F)N(C(=N)C1CN(C(C)=O)CCC1NC1CCN(C(=O)CC3CCNC3)CC1)CCC2. The zero-order chi connectivity index (χ0) is 32.1. The van der Waals surface area contributed by atoms with Crippen LogP contribution in [0.1, 0.15) is 68.6 Å². The molecule has 4 aliphatic rings. The standard InChI is InChI=1S/C33H48F2N8O2/c1-21(44)42-13-8-29(40-25-6-11-41(12-7-25)31(45)14-22-5-9-39-18-22)28(20-42)33(37)43-10-3-4-23-15-26(24(17-36)19-38-2)27(32(34)35)16-30(23)43/h15-17,19,22,25,28-29,32,36-40H,3-14,18,20H2,1-2H3/b24-19+,36-17?,37-33?. The van der Waals surface area contributed by atoms with E-state index in [2.05, 4.69) is 16.0 Å². The van der Waals surface area contributed by atoms with Crippen LogP contribution in [0.15, 0.2) is 18.3 Å². The number of benzene rings is 1. The van der Waals surface area contributed by atoms with Crippen LogP contribution in [0.3, 0.4) is 0 Å². The summed E-state index contributed by atoms with van der Waals surface area (Å²) in [5.41, 5.74) is 2.03. The molecule has 1 aromatic rings. The van der Waals surface area contributed by atoms with E-state index in [-0.39, 0.29) is 35.4 Å². The molecular weight excluding hydrogens is 578 g/mol. The first-order valence-corrected chi connectivity index (χ1v) is 16.4. The number of aryl methyl sites for hydroxylation is 1. The molecule has 3 unspecified atom stereocenters. The van der Waals surface area contributed by atoms with Crippen LogP contribution in [0, 0.1) is 22.7 Å². The molecule has 0 saturated carbocycles. The van der Waals surface area contributed by atoms with Gasteiger partial charge in [-0.2, -0.15) is 0 Å². The van der Waals surface area contributed by atoms with E-state index in [9.17, 15) is 23.8 Å². The highest BCUT2D eigenvalue weighted by Crippen LogP contribution is 2.38. The number of hydrogen-bond acceptors (Lipinski definition) is 7.